The van der Waals surface area contributed by atoms with Crippen LogP contribution in [0, 0.1) is 0 Å². The zero-order valence-electron chi connectivity index (χ0n) is 9.13. The minimum atomic E-state index is 0.327. The first-order valence-corrected chi connectivity index (χ1v) is 5.71. The number of nitrogens with zero attached hydrogens (tertiary/aromatic N) is 3. The molecule has 6 heteroatoms. The van der Waals surface area contributed by atoms with Gasteiger partial charge in [0.2, 0.25) is 0 Å². The molecule has 0 aliphatic heterocycles. The zero-order chi connectivity index (χ0) is 12.3. The van der Waals surface area contributed by atoms with E-state index in [1.54, 1.807) is 36.1 Å². The average molecular weight is 296 g/mol. The number of aryl methyl sites for hydroxylation is 1. The Morgan fingerprint density at radius 1 is 1.53 bits per heavy atom. The molecule has 5 nitrogen and oxygen atoms in total. The van der Waals surface area contributed by atoms with E-state index >= 15 is 0 Å². The molecule has 1 aromatic heterocycles. The van der Waals surface area contributed by atoms with E-state index in [-0.39, 0.29) is 0 Å². The molecule has 0 unspecified atom stereocenters. The van der Waals surface area contributed by atoms with Crippen LogP contribution < -0.4 is 4.74 Å². The van der Waals surface area contributed by atoms with Crippen molar-refractivity contribution in [1.82, 2.24) is 15.0 Å². The molecule has 1 heterocycles. The monoisotopic (exact) mass is 295 g/mol. The van der Waals surface area contributed by atoms with Crippen molar-refractivity contribution in [1.29, 1.82) is 0 Å². The highest BCUT2D eigenvalue weighted by Gasteiger charge is 2.03. The molecule has 0 saturated carbocycles. The maximum absolute atomic E-state index is 10.7. The van der Waals surface area contributed by atoms with E-state index in [1.807, 2.05) is 0 Å². The van der Waals surface area contributed by atoms with Crippen LogP contribution in [0.15, 0.2) is 28.9 Å². The van der Waals surface area contributed by atoms with Crippen molar-refractivity contribution in [3.8, 4) is 5.75 Å². The quantitative estimate of drug-likeness (QED) is 0.809. The van der Waals surface area contributed by atoms with Crippen molar-refractivity contribution in [3.63, 3.8) is 0 Å². The molecular formula is C11H10BrN3O2. The highest BCUT2D eigenvalue weighted by molar-refractivity contribution is 9.10. The first-order chi connectivity index (χ1) is 8.19. The number of aromatic nitrogens is 3. The fourth-order valence-corrected chi connectivity index (χ4v) is 1.66. The summed E-state index contributed by atoms with van der Waals surface area (Å²) in [6, 6.07) is 5.23. The molecule has 0 radical (unpaired) electrons. The summed E-state index contributed by atoms with van der Waals surface area (Å²) in [5, 5.41) is 7.70. The van der Waals surface area contributed by atoms with E-state index in [9.17, 15) is 4.79 Å². The molecule has 1 aromatic carbocycles. The van der Waals surface area contributed by atoms with Crippen LogP contribution in [0.1, 0.15) is 16.1 Å². The summed E-state index contributed by atoms with van der Waals surface area (Å²) < 4.78 is 7.86. The van der Waals surface area contributed by atoms with E-state index in [4.69, 9.17) is 4.74 Å². The Labute approximate surface area is 107 Å². The molecule has 0 atom stereocenters. The number of halogens is 1. The van der Waals surface area contributed by atoms with Crippen molar-refractivity contribution in [3.05, 3.63) is 40.1 Å². The lowest BCUT2D eigenvalue weighted by Gasteiger charge is -2.05. The summed E-state index contributed by atoms with van der Waals surface area (Å²) in [4.78, 5) is 10.7. The third kappa shape index (κ3) is 2.91. The number of hydrogen-bond donors (Lipinski definition) is 0. The number of ether oxygens (including phenoxy) is 1. The standard InChI is InChI=1S/C11H10BrN3O2/c1-15-5-9(13-14-15)7-17-10-2-3-11(12)8(4-10)6-16/h2-6H,7H2,1H3. The molecule has 0 aliphatic carbocycles. The second-order valence-electron chi connectivity index (χ2n) is 3.47. The predicted octanol–water partition coefficient (Wildman–Crippen LogP) is 1.97. The van der Waals surface area contributed by atoms with Crippen molar-refractivity contribution in [2.75, 3.05) is 0 Å². The van der Waals surface area contributed by atoms with Gasteiger partial charge in [-0.1, -0.05) is 21.1 Å². The Morgan fingerprint density at radius 2 is 2.35 bits per heavy atom. The van der Waals surface area contributed by atoms with Gasteiger partial charge in [-0.25, -0.2) is 0 Å². The third-order valence-corrected chi connectivity index (χ3v) is 2.85. The maximum atomic E-state index is 10.7. The fraction of sp³-hybridized carbons (Fsp3) is 0.182. The molecule has 88 valence electrons. The van der Waals surface area contributed by atoms with E-state index < -0.39 is 0 Å². The smallest absolute Gasteiger partial charge is 0.151 e. The molecule has 0 aliphatic rings. The van der Waals surface area contributed by atoms with Gasteiger partial charge in [-0.3, -0.25) is 9.48 Å². The van der Waals surface area contributed by atoms with Gasteiger partial charge in [0.1, 0.15) is 18.1 Å². The third-order valence-electron chi connectivity index (χ3n) is 2.13. The largest absolute Gasteiger partial charge is 0.487 e. The van der Waals surface area contributed by atoms with Gasteiger partial charge in [-0.2, -0.15) is 0 Å². The first kappa shape index (κ1) is 11.8. The lowest BCUT2D eigenvalue weighted by Crippen LogP contribution is -1.96. The molecule has 17 heavy (non-hydrogen) atoms. The van der Waals surface area contributed by atoms with E-state index in [0.717, 1.165) is 16.5 Å². The number of rotatable bonds is 4. The van der Waals surface area contributed by atoms with Crippen LogP contribution in [0.3, 0.4) is 0 Å². The van der Waals surface area contributed by atoms with Gasteiger partial charge in [0, 0.05) is 17.1 Å². The van der Waals surface area contributed by atoms with E-state index in [0.29, 0.717) is 17.9 Å². The summed E-state index contributed by atoms with van der Waals surface area (Å²) in [7, 11) is 1.79. The summed E-state index contributed by atoms with van der Waals surface area (Å²) >= 11 is 3.28. The minimum absolute atomic E-state index is 0.327. The number of carbonyl (C=O) groups is 1. The summed E-state index contributed by atoms with van der Waals surface area (Å²) in [5.74, 6) is 0.626. The normalized spacial score (nSPS) is 10.2. The highest BCUT2D eigenvalue weighted by atomic mass is 79.9. The molecule has 0 spiro atoms. The average Bonchev–Trinajstić information content (AvgIpc) is 2.74. The molecule has 0 saturated heterocycles. The molecule has 2 rings (SSSR count). The fourth-order valence-electron chi connectivity index (χ4n) is 1.32. The van der Waals surface area contributed by atoms with Crippen molar-refractivity contribution >= 4 is 22.2 Å². The van der Waals surface area contributed by atoms with Crippen LogP contribution in [0.5, 0.6) is 5.75 Å². The summed E-state index contributed by atoms with van der Waals surface area (Å²) in [6.07, 6.45) is 2.55. The van der Waals surface area contributed by atoms with Gasteiger partial charge in [-0.05, 0) is 18.2 Å². The second-order valence-corrected chi connectivity index (χ2v) is 4.33. The number of carbonyl (C=O) groups excluding carboxylic acids is 1. The Kier molecular flexibility index (Phi) is 3.53. The van der Waals surface area contributed by atoms with Crippen LogP contribution in [0.4, 0.5) is 0 Å². The maximum Gasteiger partial charge on any atom is 0.151 e. The lowest BCUT2D eigenvalue weighted by atomic mass is 10.2. The molecule has 0 N–H and O–H groups in total. The lowest BCUT2D eigenvalue weighted by molar-refractivity contribution is 0.112. The van der Waals surface area contributed by atoms with E-state index in [2.05, 4.69) is 26.2 Å². The summed E-state index contributed by atoms with van der Waals surface area (Å²) in [6.45, 7) is 0.327. The van der Waals surface area contributed by atoms with E-state index in [1.165, 1.54) is 0 Å². The number of aldehydes is 1. The van der Waals surface area contributed by atoms with Gasteiger partial charge >= 0.3 is 0 Å². The van der Waals surface area contributed by atoms with Crippen LogP contribution >= 0.6 is 15.9 Å². The number of hydrogen-bond acceptors (Lipinski definition) is 4. The molecule has 0 amide bonds. The van der Waals surface area contributed by atoms with Crippen LogP contribution in [-0.2, 0) is 13.7 Å². The molecule has 0 fully saturated rings. The second kappa shape index (κ2) is 5.09. The first-order valence-electron chi connectivity index (χ1n) is 4.92. The Bertz CT molecular complexity index is 539. The van der Waals surface area contributed by atoms with Gasteiger partial charge in [0.25, 0.3) is 0 Å². The van der Waals surface area contributed by atoms with Gasteiger partial charge in [-0.15, -0.1) is 5.10 Å². The Morgan fingerprint density at radius 3 is 3.00 bits per heavy atom. The molecule has 0 bridgehead atoms. The Balaban J connectivity index is 2.06. The van der Waals surface area contributed by atoms with Gasteiger partial charge in [0.15, 0.2) is 6.29 Å². The minimum Gasteiger partial charge on any atom is -0.487 e. The van der Waals surface area contributed by atoms with Crippen molar-refractivity contribution in [2.24, 2.45) is 7.05 Å². The van der Waals surface area contributed by atoms with Crippen molar-refractivity contribution < 1.29 is 9.53 Å². The molecule has 2 aromatic rings. The van der Waals surface area contributed by atoms with Gasteiger partial charge < -0.3 is 4.74 Å². The Hall–Kier alpha value is -1.69. The predicted molar refractivity (Wildman–Crippen MR) is 64.9 cm³/mol. The summed E-state index contributed by atoms with van der Waals surface area (Å²) in [5.41, 5.74) is 1.30. The van der Waals surface area contributed by atoms with Gasteiger partial charge in [0.05, 0.1) is 6.20 Å². The topological polar surface area (TPSA) is 57.0 Å². The van der Waals surface area contributed by atoms with Crippen LogP contribution in [-0.4, -0.2) is 21.3 Å². The SMILES string of the molecule is Cn1cc(COc2ccc(Br)c(C=O)c2)nn1. The zero-order valence-corrected chi connectivity index (χ0v) is 10.7. The van der Waals surface area contributed by atoms with Crippen LogP contribution in [0.25, 0.3) is 0 Å². The van der Waals surface area contributed by atoms with Crippen molar-refractivity contribution in [2.45, 2.75) is 6.61 Å². The molecular weight excluding hydrogens is 286 g/mol. The highest BCUT2D eigenvalue weighted by Crippen LogP contribution is 2.21. The number of benzene rings is 1. The van der Waals surface area contributed by atoms with Crippen LogP contribution in [0.2, 0.25) is 0 Å².